The Morgan fingerprint density at radius 1 is 1.06 bits per heavy atom. The predicted octanol–water partition coefficient (Wildman–Crippen LogP) is 3.90. The number of benzene rings is 1. The highest BCUT2D eigenvalue weighted by atomic mass is 32.1. The standard InChI is InChI=1S/C15H19NS/c1-10-5-6-13(9-11(10)2)15(4,16)14-7-8-17-12(14)3/h5-9H,16H2,1-4H3. The molecule has 1 unspecified atom stereocenters. The van der Waals surface area contributed by atoms with Crippen molar-refractivity contribution >= 4 is 11.3 Å². The fraction of sp³-hybridized carbons (Fsp3) is 0.333. The summed E-state index contributed by atoms with van der Waals surface area (Å²) < 4.78 is 0. The van der Waals surface area contributed by atoms with E-state index in [1.165, 1.54) is 27.1 Å². The van der Waals surface area contributed by atoms with Crippen molar-refractivity contribution in [3.63, 3.8) is 0 Å². The molecule has 1 heterocycles. The molecule has 0 radical (unpaired) electrons. The molecule has 90 valence electrons. The maximum atomic E-state index is 6.53. The van der Waals surface area contributed by atoms with Gasteiger partial charge in [-0.3, -0.25) is 0 Å². The second kappa shape index (κ2) is 4.28. The molecule has 0 spiro atoms. The molecular formula is C15H19NS. The van der Waals surface area contributed by atoms with E-state index in [-0.39, 0.29) is 0 Å². The number of nitrogens with two attached hydrogens (primary N) is 1. The first-order chi connectivity index (χ1) is 7.93. The van der Waals surface area contributed by atoms with Crippen molar-refractivity contribution in [3.8, 4) is 0 Å². The molecule has 1 nitrogen and oxygen atoms in total. The summed E-state index contributed by atoms with van der Waals surface area (Å²) in [6, 6.07) is 8.62. The van der Waals surface area contributed by atoms with E-state index >= 15 is 0 Å². The quantitative estimate of drug-likeness (QED) is 0.853. The molecule has 0 saturated carbocycles. The van der Waals surface area contributed by atoms with Crippen LogP contribution in [0.5, 0.6) is 0 Å². The van der Waals surface area contributed by atoms with E-state index in [0.717, 1.165) is 0 Å². The third kappa shape index (κ3) is 2.15. The third-order valence-electron chi connectivity index (χ3n) is 3.52. The molecule has 2 heteroatoms. The van der Waals surface area contributed by atoms with Gasteiger partial charge in [0.15, 0.2) is 0 Å². The molecule has 1 aromatic heterocycles. The van der Waals surface area contributed by atoms with Crippen LogP contribution in [0.15, 0.2) is 29.6 Å². The molecule has 2 rings (SSSR count). The molecule has 0 aliphatic rings. The van der Waals surface area contributed by atoms with Gasteiger partial charge in [0.05, 0.1) is 5.54 Å². The molecule has 0 bridgehead atoms. The van der Waals surface area contributed by atoms with Crippen molar-refractivity contribution in [2.75, 3.05) is 0 Å². The van der Waals surface area contributed by atoms with E-state index in [4.69, 9.17) is 5.73 Å². The van der Waals surface area contributed by atoms with Gasteiger partial charge in [-0.2, -0.15) is 0 Å². The van der Waals surface area contributed by atoms with E-state index in [0.29, 0.717) is 0 Å². The zero-order valence-corrected chi connectivity index (χ0v) is 11.7. The zero-order valence-electron chi connectivity index (χ0n) is 10.9. The summed E-state index contributed by atoms with van der Waals surface area (Å²) >= 11 is 1.75. The Kier molecular flexibility index (Phi) is 3.11. The van der Waals surface area contributed by atoms with Crippen LogP contribution in [-0.4, -0.2) is 0 Å². The maximum Gasteiger partial charge on any atom is 0.0647 e. The molecule has 2 N–H and O–H groups in total. The molecular weight excluding hydrogens is 226 g/mol. The van der Waals surface area contributed by atoms with Gasteiger partial charge in [-0.05, 0) is 61.4 Å². The summed E-state index contributed by atoms with van der Waals surface area (Å²) in [6.07, 6.45) is 0. The molecule has 0 aliphatic heterocycles. The van der Waals surface area contributed by atoms with Crippen LogP contribution in [0.25, 0.3) is 0 Å². The summed E-state index contributed by atoms with van der Waals surface area (Å²) in [5.74, 6) is 0. The van der Waals surface area contributed by atoms with Crippen LogP contribution in [0.1, 0.15) is 34.1 Å². The summed E-state index contributed by atoms with van der Waals surface area (Å²) in [4.78, 5) is 1.30. The molecule has 17 heavy (non-hydrogen) atoms. The fourth-order valence-corrected chi connectivity index (χ4v) is 2.96. The number of aryl methyl sites for hydroxylation is 3. The van der Waals surface area contributed by atoms with Gasteiger partial charge in [0, 0.05) is 4.88 Å². The lowest BCUT2D eigenvalue weighted by Gasteiger charge is -2.26. The first kappa shape index (κ1) is 12.3. The van der Waals surface area contributed by atoms with Gasteiger partial charge < -0.3 is 5.73 Å². The number of hydrogen-bond donors (Lipinski definition) is 1. The first-order valence-corrected chi connectivity index (χ1v) is 6.72. The van der Waals surface area contributed by atoms with E-state index in [1.54, 1.807) is 11.3 Å². The lowest BCUT2D eigenvalue weighted by molar-refractivity contribution is 0.601. The van der Waals surface area contributed by atoms with Crippen molar-refractivity contribution in [2.24, 2.45) is 5.73 Å². The second-order valence-corrected chi connectivity index (χ2v) is 6.01. The second-order valence-electron chi connectivity index (χ2n) is 4.89. The normalized spacial score (nSPS) is 14.6. The zero-order chi connectivity index (χ0) is 12.6. The maximum absolute atomic E-state index is 6.53. The minimum absolute atomic E-state index is 0.400. The van der Waals surface area contributed by atoms with E-state index < -0.39 is 5.54 Å². The lowest BCUT2D eigenvalue weighted by atomic mass is 9.85. The van der Waals surface area contributed by atoms with Crippen molar-refractivity contribution in [2.45, 2.75) is 33.2 Å². The van der Waals surface area contributed by atoms with Crippen LogP contribution in [-0.2, 0) is 5.54 Å². The largest absolute Gasteiger partial charge is 0.318 e. The molecule has 0 fully saturated rings. The lowest BCUT2D eigenvalue weighted by Crippen LogP contribution is -2.34. The average Bonchev–Trinajstić information content (AvgIpc) is 2.69. The Labute approximate surface area is 107 Å². The molecule has 0 saturated heterocycles. The smallest absolute Gasteiger partial charge is 0.0647 e. The van der Waals surface area contributed by atoms with E-state index in [2.05, 4.69) is 57.3 Å². The molecule has 0 aliphatic carbocycles. The van der Waals surface area contributed by atoms with Crippen LogP contribution in [0.4, 0.5) is 0 Å². The van der Waals surface area contributed by atoms with Crippen LogP contribution >= 0.6 is 11.3 Å². The molecule has 1 aromatic carbocycles. The van der Waals surface area contributed by atoms with Gasteiger partial charge in [0.2, 0.25) is 0 Å². The molecule has 2 aromatic rings. The van der Waals surface area contributed by atoms with Crippen LogP contribution in [0.2, 0.25) is 0 Å². The van der Waals surface area contributed by atoms with E-state index in [1.807, 2.05) is 0 Å². The summed E-state index contributed by atoms with van der Waals surface area (Å²) in [7, 11) is 0. The Bertz CT molecular complexity index is 538. The fourth-order valence-electron chi connectivity index (χ4n) is 2.14. The highest BCUT2D eigenvalue weighted by Gasteiger charge is 2.26. The Hall–Kier alpha value is -1.12. The van der Waals surface area contributed by atoms with Crippen LogP contribution < -0.4 is 5.73 Å². The van der Waals surface area contributed by atoms with Gasteiger partial charge >= 0.3 is 0 Å². The molecule has 1 atom stereocenters. The van der Waals surface area contributed by atoms with Crippen molar-refractivity contribution in [1.29, 1.82) is 0 Å². The Morgan fingerprint density at radius 3 is 2.29 bits per heavy atom. The van der Waals surface area contributed by atoms with E-state index in [9.17, 15) is 0 Å². The average molecular weight is 245 g/mol. The van der Waals surface area contributed by atoms with Gasteiger partial charge in [0.25, 0.3) is 0 Å². The van der Waals surface area contributed by atoms with Gasteiger partial charge in [-0.25, -0.2) is 0 Å². The predicted molar refractivity (Wildman–Crippen MR) is 75.6 cm³/mol. The number of thiophene rings is 1. The third-order valence-corrected chi connectivity index (χ3v) is 4.37. The minimum atomic E-state index is -0.400. The Balaban J connectivity index is 2.51. The van der Waals surface area contributed by atoms with Gasteiger partial charge in [0.1, 0.15) is 0 Å². The number of rotatable bonds is 2. The van der Waals surface area contributed by atoms with Gasteiger partial charge in [-0.1, -0.05) is 18.2 Å². The summed E-state index contributed by atoms with van der Waals surface area (Å²) in [5, 5.41) is 2.11. The Morgan fingerprint density at radius 2 is 1.76 bits per heavy atom. The van der Waals surface area contributed by atoms with Crippen molar-refractivity contribution < 1.29 is 0 Å². The topological polar surface area (TPSA) is 26.0 Å². The van der Waals surface area contributed by atoms with Crippen LogP contribution in [0.3, 0.4) is 0 Å². The number of hydrogen-bond acceptors (Lipinski definition) is 2. The SMILES string of the molecule is Cc1ccc(C(C)(N)c2ccsc2C)cc1C. The molecule has 0 amide bonds. The highest BCUT2D eigenvalue weighted by Crippen LogP contribution is 2.32. The first-order valence-electron chi connectivity index (χ1n) is 5.84. The minimum Gasteiger partial charge on any atom is -0.318 e. The highest BCUT2D eigenvalue weighted by molar-refractivity contribution is 7.10. The summed E-state index contributed by atoms with van der Waals surface area (Å²) in [5.41, 5.74) is 11.1. The monoisotopic (exact) mass is 245 g/mol. The van der Waals surface area contributed by atoms with Gasteiger partial charge in [-0.15, -0.1) is 11.3 Å². The van der Waals surface area contributed by atoms with Crippen molar-refractivity contribution in [3.05, 3.63) is 56.8 Å². The van der Waals surface area contributed by atoms with Crippen molar-refractivity contribution in [1.82, 2.24) is 0 Å². The van der Waals surface area contributed by atoms with Crippen LogP contribution in [0, 0.1) is 20.8 Å². The summed E-state index contributed by atoms with van der Waals surface area (Å²) in [6.45, 7) is 8.48.